The van der Waals surface area contributed by atoms with Crippen molar-refractivity contribution in [3.05, 3.63) is 29.8 Å². The summed E-state index contributed by atoms with van der Waals surface area (Å²) in [4.78, 5) is 26.7. The topological polar surface area (TPSA) is 84.7 Å². The lowest BCUT2D eigenvalue weighted by molar-refractivity contribution is -0.137. The van der Waals surface area contributed by atoms with E-state index in [1.165, 1.54) is 5.56 Å². The first-order valence-corrected chi connectivity index (χ1v) is 8.11. The van der Waals surface area contributed by atoms with E-state index in [0.717, 1.165) is 12.1 Å². The maximum absolute atomic E-state index is 12.5. The van der Waals surface area contributed by atoms with Gasteiger partial charge < -0.3 is 20.7 Å². The van der Waals surface area contributed by atoms with Crippen LogP contribution in [0.1, 0.15) is 18.4 Å². The molecule has 23 heavy (non-hydrogen) atoms. The molecule has 2 aliphatic heterocycles. The number of fused-ring (bicyclic) bond motifs is 1. The zero-order valence-electron chi connectivity index (χ0n) is 13.2. The highest BCUT2D eigenvalue weighted by Crippen LogP contribution is 2.30. The maximum Gasteiger partial charge on any atom is 0.246 e. The van der Waals surface area contributed by atoms with Gasteiger partial charge in [-0.2, -0.15) is 0 Å². The van der Waals surface area contributed by atoms with E-state index >= 15 is 0 Å². The Morgan fingerprint density at radius 1 is 1.26 bits per heavy atom. The van der Waals surface area contributed by atoms with Crippen LogP contribution in [0, 0.1) is 5.41 Å². The predicted octanol–water partition coefficient (Wildman–Crippen LogP) is 0.447. The van der Waals surface area contributed by atoms with Crippen LogP contribution in [0.2, 0.25) is 0 Å². The Bertz CT molecular complexity index is 597. The summed E-state index contributed by atoms with van der Waals surface area (Å²) in [5, 5.41) is 2.79. The highest BCUT2D eigenvalue weighted by molar-refractivity contribution is 5.98. The minimum absolute atomic E-state index is 0.00970. The van der Waals surface area contributed by atoms with E-state index in [-0.39, 0.29) is 24.9 Å². The Balaban J connectivity index is 1.60. The molecule has 2 aliphatic rings. The van der Waals surface area contributed by atoms with Gasteiger partial charge in [-0.15, -0.1) is 0 Å². The average molecular weight is 317 g/mol. The Morgan fingerprint density at radius 2 is 2.00 bits per heavy atom. The van der Waals surface area contributed by atoms with Crippen molar-refractivity contribution in [3.8, 4) is 0 Å². The van der Waals surface area contributed by atoms with Crippen molar-refractivity contribution in [1.82, 2.24) is 5.32 Å². The Labute approximate surface area is 136 Å². The smallest absolute Gasteiger partial charge is 0.246 e. The van der Waals surface area contributed by atoms with Crippen LogP contribution in [0.15, 0.2) is 24.3 Å². The largest absolute Gasteiger partial charge is 0.381 e. The van der Waals surface area contributed by atoms with Crippen LogP contribution < -0.4 is 16.0 Å². The zero-order valence-corrected chi connectivity index (χ0v) is 13.2. The van der Waals surface area contributed by atoms with Crippen LogP contribution in [-0.2, 0) is 20.7 Å². The molecular weight excluding hydrogens is 294 g/mol. The number of nitrogens with two attached hydrogens (primary N) is 1. The molecule has 3 rings (SSSR count). The third kappa shape index (κ3) is 3.09. The SMILES string of the molecule is NCC1(C(=O)NCC(=O)N2CCc3ccccc32)CCOCC1. The molecule has 1 saturated heterocycles. The highest BCUT2D eigenvalue weighted by atomic mass is 16.5. The molecule has 1 fully saturated rings. The van der Waals surface area contributed by atoms with E-state index in [1.54, 1.807) is 4.90 Å². The van der Waals surface area contributed by atoms with Gasteiger partial charge in [0.1, 0.15) is 0 Å². The molecule has 6 heteroatoms. The van der Waals surface area contributed by atoms with Crippen LogP contribution >= 0.6 is 0 Å². The van der Waals surface area contributed by atoms with Gasteiger partial charge in [0.25, 0.3) is 0 Å². The van der Waals surface area contributed by atoms with Gasteiger partial charge in [-0.1, -0.05) is 18.2 Å². The minimum Gasteiger partial charge on any atom is -0.381 e. The number of ether oxygens (including phenoxy) is 1. The normalized spacial score (nSPS) is 19.3. The first kappa shape index (κ1) is 16.0. The fraction of sp³-hybridized carbons (Fsp3) is 0.529. The number of amides is 2. The van der Waals surface area contributed by atoms with Crippen molar-refractivity contribution in [2.75, 3.05) is 37.7 Å². The third-order valence-corrected chi connectivity index (χ3v) is 4.91. The molecule has 124 valence electrons. The molecular formula is C17H23N3O3. The van der Waals surface area contributed by atoms with Crippen LogP contribution in [0.4, 0.5) is 5.69 Å². The van der Waals surface area contributed by atoms with Gasteiger partial charge in [0.15, 0.2) is 0 Å². The molecule has 3 N–H and O–H groups in total. The van der Waals surface area contributed by atoms with Gasteiger partial charge in [-0.25, -0.2) is 0 Å². The van der Waals surface area contributed by atoms with Gasteiger partial charge in [0.2, 0.25) is 11.8 Å². The fourth-order valence-electron chi connectivity index (χ4n) is 3.32. The van der Waals surface area contributed by atoms with Gasteiger partial charge in [-0.3, -0.25) is 9.59 Å². The molecule has 0 unspecified atom stereocenters. The number of carbonyl (C=O) groups excluding carboxylic acids is 2. The summed E-state index contributed by atoms with van der Waals surface area (Å²) in [6.07, 6.45) is 2.08. The van der Waals surface area contributed by atoms with E-state index < -0.39 is 5.41 Å². The van der Waals surface area contributed by atoms with Crippen LogP contribution in [0.3, 0.4) is 0 Å². The summed E-state index contributed by atoms with van der Waals surface area (Å²) in [7, 11) is 0. The number of nitrogens with one attached hydrogen (secondary N) is 1. The average Bonchev–Trinajstić information content (AvgIpc) is 3.04. The van der Waals surface area contributed by atoms with E-state index in [1.807, 2.05) is 24.3 Å². The van der Waals surface area contributed by atoms with Gasteiger partial charge >= 0.3 is 0 Å². The molecule has 0 spiro atoms. The summed E-state index contributed by atoms with van der Waals surface area (Å²) in [5.41, 5.74) is 7.35. The fourth-order valence-corrected chi connectivity index (χ4v) is 3.32. The standard InChI is InChI=1S/C17H23N3O3/c18-12-17(6-9-23-10-7-17)16(22)19-11-15(21)20-8-5-13-3-1-2-4-14(13)20/h1-4H,5-12,18H2,(H,19,22). The second kappa shape index (κ2) is 6.68. The van der Waals surface area contributed by atoms with Crippen LogP contribution in [-0.4, -0.2) is 44.7 Å². The summed E-state index contributed by atoms with van der Waals surface area (Å²) in [6.45, 7) is 2.04. The Hall–Kier alpha value is -1.92. The number of rotatable bonds is 4. The molecule has 0 saturated carbocycles. The molecule has 0 aromatic heterocycles. The van der Waals surface area contributed by atoms with Gasteiger partial charge in [0.05, 0.1) is 12.0 Å². The molecule has 0 bridgehead atoms. The monoisotopic (exact) mass is 317 g/mol. The Morgan fingerprint density at radius 3 is 2.74 bits per heavy atom. The van der Waals surface area contributed by atoms with Crippen molar-refractivity contribution < 1.29 is 14.3 Å². The summed E-state index contributed by atoms with van der Waals surface area (Å²) in [6, 6.07) is 7.88. The van der Waals surface area contributed by atoms with Gasteiger partial charge in [-0.05, 0) is 30.9 Å². The van der Waals surface area contributed by atoms with Crippen molar-refractivity contribution in [1.29, 1.82) is 0 Å². The lowest BCUT2D eigenvalue weighted by Crippen LogP contribution is -2.51. The predicted molar refractivity (Wildman–Crippen MR) is 87.0 cm³/mol. The van der Waals surface area contributed by atoms with Crippen molar-refractivity contribution in [2.24, 2.45) is 11.1 Å². The van der Waals surface area contributed by atoms with Crippen molar-refractivity contribution >= 4 is 17.5 Å². The summed E-state index contributed by atoms with van der Waals surface area (Å²) < 4.78 is 5.31. The summed E-state index contributed by atoms with van der Waals surface area (Å²) >= 11 is 0. The van der Waals surface area contributed by atoms with Crippen molar-refractivity contribution in [2.45, 2.75) is 19.3 Å². The number of para-hydroxylation sites is 1. The first-order valence-electron chi connectivity index (χ1n) is 8.11. The second-order valence-electron chi connectivity index (χ2n) is 6.20. The van der Waals surface area contributed by atoms with Crippen molar-refractivity contribution in [3.63, 3.8) is 0 Å². The van der Waals surface area contributed by atoms with Crippen LogP contribution in [0.5, 0.6) is 0 Å². The lowest BCUT2D eigenvalue weighted by atomic mass is 9.79. The molecule has 0 radical (unpaired) electrons. The number of benzene rings is 1. The zero-order chi connectivity index (χ0) is 16.3. The lowest BCUT2D eigenvalue weighted by Gasteiger charge is -2.34. The molecule has 0 aliphatic carbocycles. The molecule has 1 aromatic rings. The van der Waals surface area contributed by atoms with E-state index in [4.69, 9.17) is 10.5 Å². The number of hydrogen-bond acceptors (Lipinski definition) is 4. The molecule has 0 atom stereocenters. The molecule has 1 aromatic carbocycles. The highest BCUT2D eigenvalue weighted by Gasteiger charge is 2.39. The number of anilines is 1. The van der Waals surface area contributed by atoms with E-state index in [9.17, 15) is 9.59 Å². The quantitative estimate of drug-likeness (QED) is 0.844. The minimum atomic E-state index is -0.596. The molecule has 2 amide bonds. The Kier molecular flexibility index (Phi) is 4.63. The number of hydrogen-bond donors (Lipinski definition) is 2. The van der Waals surface area contributed by atoms with Crippen LogP contribution in [0.25, 0.3) is 0 Å². The van der Waals surface area contributed by atoms with E-state index in [0.29, 0.717) is 32.6 Å². The second-order valence-corrected chi connectivity index (χ2v) is 6.20. The first-order chi connectivity index (χ1) is 11.2. The number of nitrogens with zero attached hydrogens (tertiary/aromatic N) is 1. The molecule has 2 heterocycles. The summed E-state index contributed by atoms with van der Waals surface area (Å²) in [5.74, 6) is -0.216. The molecule has 6 nitrogen and oxygen atoms in total. The van der Waals surface area contributed by atoms with E-state index in [2.05, 4.69) is 5.32 Å². The third-order valence-electron chi connectivity index (χ3n) is 4.91. The number of carbonyl (C=O) groups is 2. The maximum atomic E-state index is 12.5. The van der Waals surface area contributed by atoms with Gasteiger partial charge in [0, 0.05) is 32.0 Å².